The molecule has 0 bridgehead atoms. The molecule has 5 atom stereocenters. The average Bonchev–Trinajstić information content (AvgIpc) is 3.15. The number of quaternary nitrogens is 2. The van der Waals surface area contributed by atoms with Gasteiger partial charge in [-0.3, -0.25) is 4.55 Å². The molecule has 0 aliphatic heterocycles. The van der Waals surface area contributed by atoms with E-state index in [0.717, 1.165) is 54.3 Å². The molecule has 0 aromatic carbocycles. The number of methoxy groups -OCH3 is 3. The van der Waals surface area contributed by atoms with Gasteiger partial charge in [0.25, 0.3) is 10.1 Å². The fourth-order valence-electron chi connectivity index (χ4n) is 4.31. The third kappa shape index (κ3) is 83.7. The molecule has 0 rings (SSSR count). The molecule has 19 heteroatoms. The molecule has 0 aromatic heterocycles. The maximum absolute atomic E-state index is 10.4. The third-order valence-corrected chi connectivity index (χ3v) is 10.8. The molecular formula is C46H114N3O13SSi2+. The van der Waals surface area contributed by atoms with Crippen molar-refractivity contribution in [2.75, 3.05) is 141 Å². The lowest BCUT2D eigenvalue weighted by molar-refractivity contribution is -0.914. The monoisotopic (exact) mass is 1000 g/mol. The second-order valence-corrected chi connectivity index (χ2v) is 31.3. The van der Waals surface area contributed by atoms with Crippen LogP contribution in [0.1, 0.15) is 54.9 Å². The number of nitrogens with zero attached hydrogens (tertiary/aromatic N) is 3. The molecule has 0 aliphatic carbocycles. The molecule has 0 aliphatic rings. The first-order chi connectivity index (χ1) is 29.1. The largest absolute Gasteiger partial charge is 0.391 e. The first-order valence-electron chi connectivity index (χ1n) is 22.5. The van der Waals surface area contributed by atoms with E-state index in [-0.39, 0.29) is 38.4 Å². The molecule has 0 aromatic rings. The van der Waals surface area contributed by atoms with Crippen LogP contribution in [0.3, 0.4) is 0 Å². The Hall–Kier alpha value is -0.696. The number of hydrogen-bond donors (Lipinski definition) is 6. The van der Waals surface area contributed by atoms with E-state index in [1.54, 1.807) is 21.3 Å². The normalized spacial score (nSPS) is 13.6. The highest BCUT2D eigenvalue weighted by atomic mass is 32.2. The van der Waals surface area contributed by atoms with Gasteiger partial charge in [-0.2, -0.15) is 8.42 Å². The molecule has 0 saturated carbocycles. The van der Waals surface area contributed by atoms with Crippen molar-refractivity contribution in [2.24, 2.45) is 0 Å². The number of aliphatic hydroxyl groups excluding tert-OH is 5. The van der Waals surface area contributed by atoms with E-state index in [9.17, 15) is 23.7 Å². The summed E-state index contributed by atoms with van der Waals surface area (Å²) < 4.78 is 55.7. The second-order valence-electron chi connectivity index (χ2n) is 19.0. The van der Waals surface area contributed by atoms with E-state index in [0.29, 0.717) is 38.7 Å². The summed E-state index contributed by atoms with van der Waals surface area (Å²) >= 11 is 0. The minimum atomic E-state index is -4.11. The summed E-state index contributed by atoms with van der Waals surface area (Å²) in [4.78, 5) is 2.21. The molecule has 0 amide bonds. The molecule has 0 fully saturated rings. The number of aliphatic hydroxyl groups is 5. The standard InChI is InChI=1S/C11H27NO2Si.C9H22NO2.C7H18NO2.C7H18O5SSi.C5H12O2.C2H6.2C2H4.CH3/c1-6-12(7-2)8-11(13)9-14-10-15(3,4)5;1-8(2)10(3,4)6-9(11)7-12-5;1-8(2,3)5-7(9)6-10-4;1-14(2,3)6-12-4-7(8)5-13(9,10)11;1-3-5(6)4-7-2;3*1-2;/h11,13H,6-10H2,1-5H3;8-9,11H,6-7H2,1-5H3;7,9H,5-6H2,1-4H3;7-8H,4-6H2,1-3H3,(H,9,10,11);5-6H,3-4H2,1-2H3;1-2H3;2*1-2H2;1H3/q;2*+1;;;;;;-1. The predicted octanol–water partition coefficient (Wildman–Crippen LogP) is 5.38. The van der Waals surface area contributed by atoms with Gasteiger partial charge in [-0.25, -0.2) is 0 Å². The van der Waals surface area contributed by atoms with Crippen molar-refractivity contribution in [1.29, 1.82) is 0 Å². The molecular weight excluding hydrogens is 891 g/mol. The van der Waals surface area contributed by atoms with Crippen LogP contribution in [0.2, 0.25) is 39.3 Å². The molecule has 0 radical (unpaired) electrons. The molecule has 65 heavy (non-hydrogen) atoms. The van der Waals surface area contributed by atoms with E-state index in [1.165, 1.54) is 0 Å². The number of hydrogen-bond acceptors (Lipinski definition) is 13. The van der Waals surface area contributed by atoms with Gasteiger partial charge in [-0.15, -0.1) is 26.3 Å². The maximum Gasteiger partial charge on any atom is 0.267 e. The van der Waals surface area contributed by atoms with Gasteiger partial charge in [0.1, 0.15) is 31.1 Å². The van der Waals surface area contributed by atoms with Crippen molar-refractivity contribution in [3.05, 3.63) is 33.7 Å². The van der Waals surface area contributed by atoms with Gasteiger partial charge in [0.15, 0.2) is 0 Å². The van der Waals surface area contributed by atoms with E-state index >= 15 is 0 Å². The molecule has 404 valence electrons. The van der Waals surface area contributed by atoms with Crippen molar-refractivity contribution in [2.45, 2.75) is 131 Å². The van der Waals surface area contributed by atoms with Crippen LogP contribution in [0.25, 0.3) is 0 Å². The van der Waals surface area contributed by atoms with Crippen LogP contribution in [-0.4, -0.2) is 246 Å². The predicted molar refractivity (Wildman–Crippen MR) is 284 cm³/mol. The fourth-order valence-corrected chi connectivity index (χ4v) is 6.36. The lowest BCUT2D eigenvalue weighted by atomic mass is 10.2. The van der Waals surface area contributed by atoms with Gasteiger partial charge in [0, 0.05) is 40.3 Å². The Balaban J connectivity index is -0.0000000846. The molecule has 6 N–H and O–H groups in total. The SMILES string of the molecule is C=C.C=C.CC.CCC(O)COC.CCN(CC)CC(O)COC[Si](C)(C)C.COCC(O)C[N+](C)(C)C.COCC(O)C[N+](C)(C)C(C)C.C[Si](C)(C)COCC(O)CS(=O)(=O)O.[CH3-]. The second kappa shape index (κ2) is 51.2. The number of ether oxygens (including phenoxy) is 5. The smallest absolute Gasteiger partial charge is 0.267 e. The zero-order valence-electron chi connectivity index (χ0n) is 46.5. The minimum Gasteiger partial charge on any atom is -0.391 e. The number of likely N-dealkylation sites (N-methyl/N-ethyl adjacent to an activating group) is 3. The van der Waals surface area contributed by atoms with Crippen molar-refractivity contribution in [3.63, 3.8) is 0 Å². The lowest BCUT2D eigenvalue weighted by Crippen LogP contribution is -2.51. The van der Waals surface area contributed by atoms with Gasteiger partial charge in [-0.1, -0.05) is 73.9 Å². The summed E-state index contributed by atoms with van der Waals surface area (Å²) in [5, 5.41) is 46.3. The highest BCUT2D eigenvalue weighted by molar-refractivity contribution is 7.85. The van der Waals surface area contributed by atoms with Gasteiger partial charge in [0.2, 0.25) is 0 Å². The van der Waals surface area contributed by atoms with Gasteiger partial charge in [-0.05, 0) is 33.4 Å². The van der Waals surface area contributed by atoms with E-state index < -0.39 is 38.1 Å². The van der Waals surface area contributed by atoms with Crippen molar-refractivity contribution >= 4 is 26.3 Å². The summed E-state index contributed by atoms with van der Waals surface area (Å²) in [5.41, 5.74) is 0. The van der Waals surface area contributed by atoms with E-state index in [1.807, 2.05) is 41.9 Å². The Bertz CT molecular complexity index is 1040. The Morgan fingerprint density at radius 2 is 0.908 bits per heavy atom. The van der Waals surface area contributed by atoms with Gasteiger partial charge in [0.05, 0.1) is 109 Å². The topological polar surface area (TPSA) is 205 Å². The summed E-state index contributed by atoms with van der Waals surface area (Å²) in [5.74, 6) is -0.668. The van der Waals surface area contributed by atoms with E-state index in [4.69, 9.17) is 33.7 Å². The Kier molecular flexibility index (Phi) is 66.3. The van der Waals surface area contributed by atoms with Gasteiger partial charge >= 0.3 is 0 Å². The van der Waals surface area contributed by atoms with Crippen LogP contribution < -0.4 is 0 Å². The van der Waals surface area contributed by atoms with Crippen LogP contribution in [0.4, 0.5) is 0 Å². The first-order valence-corrected chi connectivity index (χ1v) is 31.5. The zero-order chi connectivity index (χ0) is 53.0. The van der Waals surface area contributed by atoms with Crippen molar-refractivity contribution < 1.29 is 71.2 Å². The number of rotatable bonds is 26. The quantitative estimate of drug-likeness (QED) is 0.0212. The third-order valence-electron chi connectivity index (χ3n) is 7.84. The van der Waals surface area contributed by atoms with Gasteiger partial charge < -0.3 is 70.5 Å². The summed E-state index contributed by atoms with van der Waals surface area (Å²) in [6.45, 7) is 45.4. The molecule has 0 heterocycles. The van der Waals surface area contributed by atoms with Crippen molar-refractivity contribution in [1.82, 2.24) is 4.90 Å². The Morgan fingerprint density at radius 3 is 1.15 bits per heavy atom. The van der Waals surface area contributed by atoms with Crippen molar-refractivity contribution in [3.8, 4) is 0 Å². The molecule has 5 unspecified atom stereocenters. The molecule has 0 saturated heterocycles. The highest BCUT2D eigenvalue weighted by Crippen LogP contribution is 2.07. The highest BCUT2D eigenvalue weighted by Gasteiger charge is 2.24. The molecule has 16 nitrogen and oxygen atoms in total. The fraction of sp³-hybridized carbons (Fsp3) is 0.891. The van der Waals surface area contributed by atoms with Crippen LogP contribution in [0.15, 0.2) is 26.3 Å². The summed E-state index contributed by atoms with van der Waals surface area (Å²) in [7, 11) is 8.58. The molecule has 0 spiro atoms. The Labute approximate surface area is 405 Å². The first kappa shape index (κ1) is 84.3. The average molecular weight is 1010 g/mol. The van der Waals surface area contributed by atoms with Crippen LogP contribution in [-0.2, 0) is 33.8 Å². The zero-order valence-corrected chi connectivity index (χ0v) is 49.3. The van der Waals surface area contributed by atoms with Crippen LogP contribution in [0, 0.1) is 7.43 Å². The van der Waals surface area contributed by atoms with Crippen LogP contribution in [0.5, 0.6) is 0 Å². The Morgan fingerprint density at radius 1 is 0.585 bits per heavy atom. The summed E-state index contributed by atoms with van der Waals surface area (Å²) in [6.07, 6.45) is -0.295. The minimum absolute atomic E-state index is 0. The van der Waals surface area contributed by atoms with E-state index in [2.05, 4.69) is 117 Å². The lowest BCUT2D eigenvalue weighted by Gasteiger charge is -2.35. The summed E-state index contributed by atoms with van der Waals surface area (Å²) in [6, 6.07) is 0.525. The maximum atomic E-state index is 10.4. The van der Waals surface area contributed by atoms with Crippen LogP contribution >= 0.6 is 0 Å².